The van der Waals surface area contributed by atoms with Crippen molar-refractivity contribution in [2.45, 2.75) is 19.8 Å². The molecule has 0 atom stereocenters. The van der Waals surface area contributed by atoms with Crippen LogP contribution < -0.4 is 0 Å². The summed E-state index contributed by atoms with van der Waals surface area (Å²) in [7, 11) is 0. The summed E-state index contributed by atoms with van der Waals surface area (Å²) in [5.41, 5.74) is 0.330. The van der Waals surface area contributed by atoms with E-state index < -0.39 is 5.82 Å². The Hall–Kier alpha value is -1.69. The van der Waals surface area contributed by atoms with Gasteiger partial charge in [-0.2, -0.15) is 5.26 Å². The zero-order valence-electron chi connectivity index (χ0n) is 7.88. The van der Waals surface area contributed by atoms with Crippen molar-refractivity contribution in [1.29, 1.82) is 5.26 Å². The van der Waals surface area contributed by atoms with Crippen molar-refractivity contribution in [2.75, 3.05) is 0 Å². The van der Waals surface area contributed by atoms with Crippen molar-refractivity contribution in [1.82, 2.24) is 0 Å². The van der Waals surface area contributed by atoms with E-state index in [1.165, 1.54) is 12.1 Å². The summed E-state index contributed by atoms with van der Waals surface area (Å²) in [5.74, 6) is -0.635. The Morgan fingerprint density at radius 2 is 2.29 bits per heavy atom. The van der Waals surface area contributed by atoms with E-state index in [0.29, 0.717) is 12.0 Å². The van der Waals surface area contributed by atoms with Crippen LogP contribution in [0.5, 0.6) is 0 Å². The predicted octanol–water partition coefficient (Wildman–Crippen LogP) is 2.68. The van der Waals surface area contributed by atoms with E-state index in [4.69, 9.17) is 5.26 Å². The van der Waals surface area contributed by atoms with Gasteiger partial charge in [0.1, 0.15) is 11.9 Å². The van der Waals surface area contributed by atoms with Crippen LogP contribution >= 0.6 is 0 Å². The number of Topliss-reactive ketones (excluding diaryl/α,β-unsaturated/α-hetero) is 1. The molecule has 0 aliphatic rings. The second-order valence-corrected chi connectivity index (χ2v) is 2.98. The van der Waals surface area contributed by atoms with Crippen LogP contribution in [-0.4, -0.2) is 5.78 Å². The van der Waals surface area contributed by atoms with Gasteiger partial charge in [-0.05, 0) is 24.6 Å². The number of carbonyl (C=O) groups excluding carboxylic acids is 1. The molecular weight excluding hydrogens is 181 g/mol. The topological polar surface area (TPSA) is 40.9 Å². The van der Waals surface area contributed by atoms with Gasteiger partial charge in [-0.1, -0.05) is 6.92 Å². The molecule has 0 aliphatic heterocycles. The van der Waals surface area contributed by atoms with Crippen molar-refractivity contribution in [3.8, 4) is 6.07 Å². The molecule has 1 aromatic rings. The molecule has 72 valence electrons. The molecule has 14 heavy (non-hydrogen) atoms. The zero-order valence-corrected chi connectivity index (χ0v) is 7.88. The first-order valence-corrected chi connectivity index (χ1v) is 4.42. The number of nitrogens with zero attached hydrogens (tertiary/aromatic N) is 1. The van der Waals surface area contributed by atoms with E-state index >= 15 is 0 Å². The van der Waals surface area contributed by atoms with Crippen LogP contribution in [0.3, 0.4) is 0 Å². The van der Waals surface area contributed by atoms with Gasteiger partial charge in [-0.15, -0.1) is 0 Å². The molecule has 1 rings (SSSR count). The monoisotopic (exact) mass is 191 g/mol. The molecule has 0 saturated carbocycles. The first kappa shape index (κ1) is 10.4. The Balaban J connectivity index is 3.02. The van der Waals surface area contributed by atoms with E-state index in [1.807, 2.05) is 6.92 Å². The number of nitriles is 1. The molecule has 2 nitrogen and oxygen atoms in total. The molecule has 0 saturated heterocycles. The van der Waals surface area contributed by atoms with E-state index in [9.17, 15) is 9.18 Å². The summed E-state index contributed by atoms with van der Waals surface area (Å²) in [6, 6.07) is 5.57. The van der Waals surface area contributed by atoms with E-state index in [-0.39, 0.29) is 11.3 Å². The number of halogens is 1. The molecule has 0 N–H and O–H groups in total. The lowest BCUT2D eigenvalue weighted by Crippen LogP contribution is -1.99. The molecule has 0 aromatic heterocycles. The van der Waals surface area contributed by atoms with Crippen molar-refractivity contribution < 1.29 is 9.18 Å². The summed E-state index contributed by atoms with van der Waals surface area (Å²) in [4.78, 5) is 11.4. The van der Waals surface area contributed by atoms with Crippen LogP contribution in [0.15, 0.2) is 18.2 Å². The highest BCUT2D eigenvalue weighted by atomic mass is 19.1. The quantitative estimate of drug-likeness (QED) is 0.689. The van der Waals surface area contributed by atoms with Crippen molar-refractivity contribution in [2.24, 2.45) is 0 Å². The first-order chi connectivity index (χ1) is 6.69. The van der Waals surface area contributed by atoms with Crippen LogP contribution in [0.2, 0.25) is 0 Å². The first-order valence-electron chi connectivity index (χ1n) is 4.42. The Bertz CT molecular complexity index is 393. The molecule has 0 fully saturated rings. The molecule has 0 aliphatic carbocycles. The van der Waals surface area contributed by atoms with Gasteiger partial charge in [0.2, 0.25) is 0 Å². The number of hydrogen-bond acceptors (Lipinski definition) is 2. The minimum Gasteiger partial charge on any atom is -0.294 e. The number of rotatable bonds is 3. The van der Waals surface area contributed by atoms with Gasteiger partial charge in [0, 0.05) is 12.0 Å². The van der Waals surface area contributed by atoms with Crippen molar-refractivity contribution in [3.05, 3.63) is 35.1 Å². The molecule has 0 unspecified atom stereocenters. The third kappa shape index (κ3) is 2.17. The number of carbonyl (C=O) groups is 1. The summed E-state index contributed by atoms with van der Waals surface area (Å²) in [6.07, 6.45) is 1.18. The molecule has 0 amide bonds. The van der Waals surface area contributed by atoms with Gasteiger partial charge < -0.3 is 0 Å². The molecular formula is C11H10FNO. The second-order valence-electron chi connectivity index (χ2n) is 2.98. The van der Waals surface area contributed by atoms with Gasteiger partial charge in [-0.3, -0.25) is 4.79 Å². The smallest absolute Gasteiger partial charge is 0.162 e. The van der Waals surface area contributed by atoms with Gasteiger partial charge in [0.15, 0.2) is 5.78 Å². The average Bonchev–Trinajstić information content (AvgIpc) is 2.19. The van der Waals surface area contributed by atoms with Gasteiger partial charge in [0.05, 0.1) is 5.56 Å². The fourth-order valence-corrected chi connectivity index (χ4v) is 1.16. The summed E-state index contributed by atoms with van der Waals surface area (Å²) in [6.45, 7) is 1.90. The van der Waals surface area contributed by atoms with Crippen molar-refractivity contribution in [3.63, 3.8) is 0 Å². The third-order valence-electron chi connectivity index (χ3n) is 1.89. The van der Waals surface area contributed by atoms with Gasteiger partial charge in [-0.25, -0.2) is 4.39 Å². The fourth-order valence-electron chi connectivity index (χ4n) is 1.16. The summed E-state index contributed by atoms with van der Waals surface area (Å²) in [5, 5.41) is 8.55. The maximum absolute atomic E-state index is 12.9. The maximum Gasteiger partial charge on any atom is 0.162 e. The molecule has 0 heterocycles. The predicted molar refractivity (Wildman–Crippen MR) is 50.4 cm³/mol. The molecule has 1 aromatic carbocycles. The lowest BCUT2D eigenvalue weighted by Gasteiger charge is -1.99. The minimum absolute atomic E-state index is 0.0519. The molecule has 0 bridgehead atoms. The largest absolute Gasteiger partial charge is 0.294 e. The van der Waals surface area contributed by atoms with Crippen LogP contribution in [0.4, 0.5) is 4.39 Å². The van der Waals surface area contributed by atoms with Crippen LogP contribution in [0.1, 0.15) is 35.7 Å². The van der Waals surface area contributed by atoms with E-state index in [0.717, 1.165) is 12.5 Å². The average molecular weight is 191 g/mol. The van der Waals surface area contributed by atoms with E-state index in [2.05, 4.69) is 0 Å². The fraction of sp³-hybridized carbons (Fsp3) is 0.273. The Morgan fingerprint density at radius 3 is 2.86 bits per heavy atom. The zero-order chi connectivity index (χ0) is 10.6. The Kier molecular flexibility index (Phi) is 3.35. The summed E-state index contributed by atoms with van der Waals surface area (Å²) < 4.78 is 12.9. The maximum atomic E-state index is 12.9. The third-order valence-corrected chi connectivity index (χ3v) is 1.89. The lowest BCUT2D eigenvalue weighted by atomic mass is 10.0. The highest BCUT2D eigenvalue weighted by Gasteiger charge is 2.08. The van der Waals surface area contributed by atoms with Crippen LogP contribution in [0, 0.1) is 17.1 Å². The normalized spacial score (nSPS) is 9.50. The minimum atomic E-state index is -0.583. The highest BCUT2D eigenvalue weighted by Crippen LogP contribution is 2.11. The number of ketones is 1. The van der Waals surface area contributed by atoms with E-state index in [1.54, 1.807) is 6.07 Å². The van der Waals surface area contributed by atoms with Gasteiger partial charge in [0.25, 0.3) is 0 Å². The van der Waals surface area contributed by atoms with Crippen LogP contribution in [0.25, 0.3) is 0 Å². The standard InChI is InChI=1S/C11H10FNO/c1-2-3-11(14)8-4-5-10(12)9(6-8)7-13/h4-6H,2-3H2,1H3. The molecule has 0 spiro atoms. The Morgan fingerprint density at radius 1 is 1.57 bits per heavy atom. The number of hydrogen-bond donors (Lipinski definition) is 0. The van der Waals surface area contributed by atoms with Crippen LogP contribution in [-0.2, 0) is 0 Å². The molecule has 0 radical (unpaired) electrons. The van der Waals surface area contributed by atoms with Crippen molar-refractivity contribution >= 4 is 5.78 Å². The molecule has 3 heteroatoms. The SMILES string of the molecule is CCCC(=O)c1ccc(F)c(C#N)c1. The second kappa shape index (κ2) is 4.52. The number of benzene rings is 1. The highest BCUT2D eigenvalue weighted by molar-refractivity contribution is 5.96. The van der Waals surface area contributed by atoms with Gasteiger partial charge >= 0.3 is 0 Å². The lowest BCUT2D eigenvalue weighted by molar-refractivity contribution is 0.0981. The Labute approximate surface area is 82.0 Å². The summed E-state index contributed by atoms with van der Waals surface area (Å²) >= 11 is 0.